The Morgan fingerprint density at radius 1 is 0.950 bits per heavy atom. The first-order chi connectivity index (χ1) is 19.1. The summed E-state index contributed by atoms with van der Waals surface area (Å²) in [4.78, 5) is 16.2. The molecule has 1 aliphatic carbocycles. The summed E-state index contributed by atoms with van der Waals surface area (Å²) in [6.07, 6.45) is -0.234. The highest BCUT2D eigenvalue weighted by Gasteiger charge is 2.58. The number of likely N-dealkylation sites (tertiary alicyclic amines) is 2. The lowest BCUT2D eigenvalue weighted by atomic mass is 9.67. The van der Waals surface area contributed by atoms with E-state index in [9.17, 15) is 31.9 Å². The van der Waals surface area contributed by atoms with Gasteiger partial charge in [0.2, 0.25) is 0 Å². The van der Waals surface area contributed by atoms with Crippen LogP contribution >= 0.6 is 0 Å². The molecule has 1 saturated carbocycles. The van der Waals surface area contributed by atoms with Gasteiger partial charge in [0, 0.05) is 35.8 Å². The number of nitrogens with zero attached hydrogens (tertiary/aromatic N) is 2. The monoisotopic (exact) mass is 566 g/mol. The van der Waals surface area contributed by atoms with Crippen LogP contribution in [0.15, 0.2) is 36.4 Å². The molecule has 3 aliphatic rings. The molecule has 2 aromatic carbocycles. The van der Waals surface area contributed by atoms with Crippen LogP contribution < -0.4 is 4.74 Å². The Hall–Kier alpha value is -2.72. The molecular weight excluding hydrogens is 531 g/mol. The second-order valence-corrected chi connectivity index (χ2v) is 11.5. The third kappa shape index (κ3) is 5.84. The minimum Gasteiger partial charge on any atom is -0.493 e. The van der Waals surface area contributed by atoms with Gasteiger partial charge in [0.05, 0.1) is 24.7 Å². The van der Waals surface area contributed by atoms with Crippen LogP contribution in [0, 0.1) is 23.0 Å². The Morgan fingerprint density at radius 3 is 2.20 bits per heavy atom. The van der Waals surface area contributed by atoms with E-state index in [-0.39, 0.29) is 60.6 Å². The summed E-state index contributed by atoms with van der Waals surface area (Å²) in [5.41, 5.74) is -1.34. The summed E-state index contributed by atoms with van der Waals surface area (Å²) in [6.45, 7) is 1.90. The number of rotatable bonds is 8. The molecule has 218 valence electrons. The lowest BCUT2D eigenvalue weighted by Gasteiger charge is -2.47. The Morgan fingerprint density at radius 2 is 1.62 bits per heavy atom. The lowest BCUT2D eigenvalue weighted by molar-refractivity contribution is -0.256. The van der Waals surface area contributed by atoms with E-state index in [1.54, 1.807) is 11.0 Å². The molecule has 1 amide bonds. The summed E-state index contributed by atoms with van der Waals surface area (Å²) in [6, 6.07) is 7.86. The molecule has 1 N–H and O–H groups in total. The van der Waals surface area contributed by atoms with Crippen molar-refractivity contribution in [3.8, 4) is 16.9 Å². The number of halogens is 5. The van der Waals surface area contributed by atoms with E-state index in [0.29, 0.717) is 57.7 Å². The van der Waals surface area contributed by atoms with E-state index in [1.807, 2.05) is 4.90 Å². The van der Waals surface area contributed by atoms with Gasteiger partial charge in [-0.1, -0.05) is 12.5 Å². The fourth-order valence-corrected chi connectivity index (χ4v) is 6.22. The number of ether oxygens (including phenoxy) is 1. The maximum absolute atomic E-state index is 15.0. The molecular formula is C30H35F5N2O3. The van der Waals surface area contributed by atoms with Crippen molar-refractivity contribution in [1.82, 2.24) is 9.80 Å². The third-order valence-electron chi connectivity index (χ3n) is 8.93. The van der Waals surface area contributed by atoms with Gasteiger partial charge in [0.1, 0.15) is 17.4 Å². The average Bonchev–Trinajstić information content (AvgIpc) is 3.38. The van der Waals surface area contributed by atoms with Gasteiger partial charge in [-0.05, 0) is 81.8 Å². The van der Waals surface area contributed by atoms with Crippen LogP contribution in [0.4, 0.5) is 22.0 Å². The number of aliphatic hydroxyl groups is 1. The largest absolute Gasteiger partial charge is 0.493 e. The number of amides is 1. The first kappa shape index (κ1) is 28.8. The van der Waals surface area contributed by atoms with Gasteiger partial charge < -0.3 is 19.6 Å². The Balaban J connectivity index is 1.15. The molecule has 2 aromatic rings. The molecule has 0 spiro atoms. The van der Waals surface area contributed by atoms with Crippen LogP contribution in [0.2, 0.25) is 0 Å². The molecule has 1 unspecified atom stereocenters. The van der Waals surface area contributed by atoms with E-state index in [1.165, 1.54) is 24.3 Å². The van der Waals surface area contributed by atoms with Crippen LogP contribution in [0.1, 0.15) is 55.3 Å². The Bertz CT molecular complexity index is 1210. The Labute approximate surface area is 230 Å². The zero-order valence-electron chi connectivity index (χ0n) is 22.4. The van der Waals surface area contributed by atoms with Gasteiger partial charge >= 0.3 is 6.18 Å². The standard InChI is InChI=1S/C30H35F5N2O3/c31-26-15-21(28(39)37-12-1-3-22(37)17-38)4-6-24(26)25-7-5-23(16-27(25)32)40-18-20-8-13-36(14-9-20)19-29(10-2-11-29)30(33,34)35/h4-7,15-16,20,22,38H,1-3,8-14,17-19H2. The molecule has 0 radical (unpaired) electrons. The van der Waals surface area contributed by atoms with E-state index in [4.69, 9.17) is 4.74 Å². The van der Waals surface area contributed by atoms with Crippen LogP contribution in [0.25, 0.3) is 11.1 Å². The average molecular weight is 567 g/mol. The molecule has 1 atom stereocenters. The minimum absolute atomic E-state index is 0.0243. The van der Waals surface area contributed by atoms with Crippen molar-refractivity contribution in [2.75, 3.05) is 39.4 Å². The van der Waals surface area contributed by atoms with Crippen LogP contribution in [0.3, 0.4) is 0 Å². The molecule has 5 nitrogen and oxygen atoms in total. The van der Waals surface area contributed by atoms with E-state index in [0.717, 1.165) is 12.5 Å². The van der Waals surface area contributed by atoms with Crippen molar-refractivity contribution in [1.29, 1.82) is 0 Å². The van der Waals surface area contributed by atoms with Crippen molar-refractivity contribution in [2.45, 2.75) is 57.2 Å². The van der Waals surface area contributed by atoms with Gasteiger partial charge in [0.15, 0.2) is 0 Å². The number of alkyl halides is 3. The van der Waals surface area contributed by atoms with Crippen molar-refractivity contribution < 1.29 is 36.6 Å². The van der Waals surface area contributed by atoms with Gasteiger partial charge in [-0.25, -0.2) is 8.78 Å². The third-order valence-corrected chi connectivity index (χ3v) is 8.93. The maximum atomic E-state index is 15.0. The zero-order chi connectivity index (χ0) is 28.5. The quantitative estimate of drug-likeness (QED) is 0.396. The second-order valence-electron chi connectivity index (χ2n) is 11.5. The van der Waals surface area contributed by atoms with E-state index < -0.39 is 23.2 Å². The summed E-state index contributed by atoms with van der Waals surface area (Å²) in [7, 11) is 0. The summed E-state index contributed by atoms with van der Waals surface area (Å²) in [5, 5.41) is 9.47. The zero-order valence-corrected chi connectivity index (χ0v) is 22.4. The summed E-state index contributed by atoms with van der Waals surface area (Å²) in [5.74, 6) is -1.29. The first-order valence-electron chi connectivity index (χ1n) is 14.0. The van der Waals surface area contributed by atoms with Crippen molar-refractivity contribution in [2.24, 2.45) is 11.3 Å². The molecule has 40 heavy (non-hydrogen) atoms. The predicted molar refractivity (Wildman–Crippen MR) is 140 cm³/mol. The van der Waals surface area contributed by atoms with Gasteiger partial charge in [-0.2, -0.15) is 13.2 Å². The Kier molecular flexibility index (Phi) is 8.38. The number of hydrogen-bond acceptors (Lipinski definition) is 4. The van der Waals surface area contributed by atoms with Crippen LogP contribution in [-0.4, -0.2) is 72.4 Å². The molecule has 2 heterocycles. The highest BCUT2D eigenvalue weighted by atomic mass is 19.4. The van der Waals surface area contributed by atoms with Gasteiger partial charge in [-0.15, -0.1) is 0 Å². The fraction of sp³-hybridized carbons (Fsp3) is 0.567. The lowest BCUT2D eigenvalue weighted by Crippen LogP contribution is -2.53. The molecule has 5 rings (SSSR count). The second kappa shape index (κ2) is 11.6. The van der Waals surface area contributed by atoms with Crippen molar-refractivity contribution in [3.63, 3.8) is 0 Å². The SMILES string of the molecule is O=C(c1ccc(-c2ccc(OCC3CCN(CC4(C(F)(F)F)CCC4)CC3)cc2F)c(F)c1)N1CCCC1CO. The molecule has 10 heteroatoms. The molecule has 0 aromatic heterocycles. The van der Waals surface area contributed by atoms with Gasteiger partial charge in [0.25, 0.3) is 5.91 Å². The number of piperidine rings is 1. The molecule has 0 bridgehead atoms. The van der Waals surface area contributed by atoms with Crippen LogP contribution in [0.5, 0.6) is 5.75 Å². The minimum atomic E-state index is -4.17. The first-order valence-corrected chi connectivity index (χ1v) is 14.0. The number of carbonyl (C=O) groups is 1. The fourth-order valence-electron chi connectivity index (χ4n) is 6.22. The summed E-state index contributed by atoms with van der Waals surface area (Å²) < 4.78 is 76.2. The predicted octanol–water partition coefficient (Wildman–Crippen LogP) is 6.05. The van der Waals surface area contributed by atoms with Crippen LogP contribution in [-0.2, 0) is 0 Å². The number of aliphatic hydroxyl groups excluding tert-OH is 1. The highest BCUT2D eigenvalue weighted by Crippen LogP contribution is 2.53. The number of carbonyl (C=O) groups excluding carboxylic acids is 1. The topological polar surface area (TPSA) is 53.0 Å². The normalized spacial score (nSPS) is 21.9. The van der Waals surface area contributed by atoms with Crippen molar-refractivity contribution in [3.05, 3.63) is 53.6 Å². The molecule has 2 saturated heterocycles. The molecule has 2 aliphatic heterocycles. The van der Waals surface area contributed by atoms with Crippen molar-refractivity contribution >= 4 is 5.91 Å². The van der Waals surface area contributed by atoms with E-state index in [2.05, 4.69) is 0 Å². The summed E-state index contributed by atoms with van der Waals surface area (Å²) >= 11 is 0. The maximum Gasteiger partial charge on any atom is 0.395 e. The van der Waals surface area contributed by atoms with E-state index >= 15 is 0 Å². The smallest absolute Gasteiger partial charge is 0.395 e. The highest BCUT2D eigenvalue weighted by molar-refractivity contribution is 5.95. The van der Waals surface area contributed by atoms with Gasteiger partial charge in [-0.3, -0.25) is 4.79 Å². The number of benzene rings is 2. The molecule has 3 fully saturated rings. The number of hydrogen-bond donors (Lipinski definition) is 1.